The number of hydrazone groups is 1. The number of anilines is 1. The lowest BCUT2D eigenvalue weighted by Crippen LogP contribution is -2.07. The Morgan fingerprint density at radius 3 is 2.76 bits per heavy atom. The van der Waals surface area contributed by atoms with Crippen molar-refractivity contribution in [2.24, 2.45) is 5.10 Å². The van der Waals surface area contributed by atoms with E-state index in [1.54, 1.807) is 13.3 Å². The molecule has 0 saturated heterocycles. The van der Waals surface area contributed by atoms with Crippen LogP contribution in [0.1, 0.15) is 29.2 Å². The van der Waals surface area contributed by atoms with Crippen LogP contribution in [0.2, 0.25) is 5.15 Å². The van der Waals surface area contributed by atoms with Gasteiger partial charge in [0, 0.05) is 17.0 Å². The average molecular weight is 469 g/mol. The number of halogens is 1. The van der Waals surface area contributed by atoms with Crippen molar-refractivity contribution in [1.82, 2.24) is 14.4 Å². The molecule has 0 aliphatic rings. The molecule has 0 aliphatic carbocycles. The summed E-state index contributed by atoms with van der Waals surface area (Å²) in [6.07, 6.45) is 2.37. The number of nitrogens with one attached hydrogen (secondary N) is 1. The van der Waals surface area contributed by atoms with Crippen LogP contribution in [0, 0.1) is 18.3 Å². The summed E-state index contributed by atoms with van der Waals surface area (Å²) < 4.78 is 7.23. The van der Waals surface area contributed by atoms with E-state index < -0.39 is 0 Å². The molecule has 5 aromatic rings. The third-order valence-electron chi connectivity index (χ3n) is 5.97. The minimum Gasteiger partial charge on any atom is -0.497 e. The van der Waals surface area contributed by atoms with Gasteiger partial charge >= 0.3 is 0 Å². The summed E-state index contributed by atoms with van der Waals surface area (Å²) in [7, 11) is 1.62. The third kappa shape index (κ3) is 3.49. The number of imidazole rings is 1. The Labute approximate surface area is 201 Å². The molecule has 8 heteroatoms. The smallest absolute Gasteiger partial charge is 0.157 e. The summed E-state index contributed by atoms with van der Waals surface area (Å²) in [6, 6.07) is 17.7. The van der Waals surface area contributed by atoms with Gasteiger partial charge in [0.15, 0.2) is 5.65 Å². The van der Waals surface area contributed by atoms with Crippen LogP contribution >= 0.6 is 11.6 Å². The highest BCUT2D eigenvalue weighted by Crippen LogP contribution is 2.31. The fourth-order valence-corrected chi connectivity index (χ4v) is 4.45. The highest BCUT2D eigenvalue weighted by atomic mass is 35.5. The van der Waals surface area contributed by atoms with Gasteiger partial charge in [0.2, 0.25) is 0 Å². The van der Waals surface area contributed by atoms with Gasteiger partial charge in [-0.2, -0.15) is 10.4 Å². The zero-order chi connectivity index (χ0) is 23.8. The Kier molecular flexibility index (Phi) is 5.52. The average Bonchev–Trinajstić information content (AvgIpc) is 3.23. The first-order valence-corrected chi connectivity index (χ1v) is 11.2. The van der Waals surface area contributed by atoms with Gasteiger partial charge in [-0.25, -0.2) is 9.97 Å². The molecule has 3 aromatic heterocycles. The number of hydrogen-bond donors (Lipinski definition) is 1. The highest BCUT2D eigenvalue weighted by Gasteiger charge is 2.19. The monoisotopic (exact) mass is 468 g/mol. The molecule has 0 fully saturated rings. The number of hydrogen-bond acceptors (Lipinski definition) is 6. The molecule has 34 heavy (non-hydrogen) atoms. The normalized spacial score (nSPS) is 11.5. The maximum atomic E-state index is 9.84. The second-order valence-electron chi connectivity index (χ2n) is 7.85. The fraction of sp³-hybridized carbons (Fsp3) is 0.154. The summed E-state index contributed by atoms with van der Waals surface area (Å²) >= 11 is 6.44. The first-order chi connectivity index (χ1) is 16.5. The molecular formula is C26H21ClN6O. The van der Waals surface area contributed by atoms with Gasteiger partial charge in [0.1, 0.15) is 22.8 Å². The molecule has 0 saturated carbocycles. The number of nitriles is 1. The maximum Gasteiger partial charge on any atom is 0.157 e. The largest absolute Gasteiger partial charge is 0.497 e. The Hall–Kier alpha value is -4.15. The molecule has 5 rings (SSSR count). The quantitative estimate of drug-likeness (QED) is 0.197. The maximum absolute atomic E-state index is 9.84. The lowest BCUT2D eigenvalue weighted by atomic mass is 10.0. The van der Waals surface area contributed by atoms with Crippen LogP contribution in [-0.2, 0) is 6.42 Å². The predicted octanol–water partition coefficient (Wildman–Crippen LogP) is 5.89. The van der Waals surface area contributed by atoms with Crippen LogP contribution in [0.5, 0.6) is 5.75 Å². The van der Waals surface area contributed by atoms with Crippen molar-refractivity contribution in [2.75, 3.05) is 12.5 Å². The van der Waals surface area contributed by atoms with Gasteiger partial charge in [-0.3, -0.25) is 9.83 Å². The summed E-state index contributed by atoms with van der Waals surface area (Å²) in [5.41, 5.74) is 9.41. The van der Waals surface area contributed by atoms with Crippen molar-refractivity contribution >= 4 is 51.2 Å². The van der Waals surface area contributed by atoms with E-state index in [0.717, 1.165) is 51.1 Å². The minimum atomic E-state index is 0.344. The molecule has 2 aromatic carbocycles. The van der Waals surface area contributed by atoms with Gasteiger partial charge in [0.05, 0.1) is 35.4 Å². The Balaban J connectivity index is 1.62. The summed E-state index contributed by atoms with van der Waals surface area (Å²) in [5.74, 6) is 1.49. The van der Waals surface area contributed by atoms with Crippen molar-refractivity contribution in [1.29, 1.82) is 5.26 Å². The van der Waals surface area contributed by atoms with E-state index in [0.29, 0.717) is 21.9 Å². The molecule has 0 radical (unpaired) electrons. The summed E-state index contributed by atoms with van der Waals surface area (Å²) in [6.45, 7) is 4.01. The fourth-order valence-electron chi connectivity index (χ4n) is 4.26. The molecule has 0 unspecified atom stereocenters. The first kappa shape index (κ1) is 21.7. The van der Waals surface area contributed by atoms with E-state index in [2.05, 4.69) is 28.5 Å². The molecule has 1 N–H and O–H groups in total. The molecule has 3 heterocycles. The van der Waals surface area contributed by atoms with Crippen LogP contribution in [0.15, 0.2) is 53.6 Å². The molecule has 0 atom stereocenters. The Bertz CT molecular complexity index is 1650. The summed E-state index contributed by atoms with van der Waals surface area (Å²) in [4.78, 5) is 9.20. The molecule has 7 nitrogen and oxygen atoms in total. The van der Waals surface area contributed by atoms with Gasteiger partial charge in [-0.15, -0.1) is 0 Å². The number of benzene rings is 2. The summed E-state index contributed by atoms with van der Waals surface area (Å²) in [5, 5.41) is 15.6. The second-order valence-corrected chi connectivity index (χ2v) is 8.21. The van der Waals surface area contributed by atoms with E-state index in [1.165, 1.54) is 0 Å². The van der Waals surface area contributed by atoms with Crippen LogP contribution in [0.3, 0.4) is 0 Å². The standard InChI is InChI=1S/C26H21ClN6O/c1-4-19-15(2)20(13-28)25-31-21-7-5-6-8-23(21)33(25)26(19)32-29-14-17-11-16-9-10-18(34-3)12-22(16)30-24(17)27/h5-12,14,32H,4H2,1-3H3/b29-14+. The van der Waals surface area contributed by atoms with Gasteiger partial charge in [-0.1, -0.05) is 30.7 Å². The predicted molar refractivity (Wildman–Crippen MR) is 136 cm³/mol. The van der Waals surface area contributed by atoms with Crippen molar-refractivity contribution < 1.29 is 4.74 Å². The van der Waals surface area contributed by atoms with Crippen molar-refractivity contribution in [3.63, 3.8) is 0 Å². The van der Waals surface area contributed by atoms with E-state index in [1.807, 2.05) is 59.9 Å². The Morgan fingerprint density at radius 1 is 1.18 bits per heavy atom. The van der Waals surface area contributed by atoms with E-state index in [4.69, 9.17) is 21.3 Å². The number of methoxy groups -OCH3 is 1. The molecule has 0 bridgehead atoms. The van der Waals surface area contributed by atoms with Gasteiger partial charge < -0.3 is 4.74 Å². The molecular weight excluding hydrogens is 448 g/mol. The second kappa shape index (κ2) is 8.65. The number of rotatable bonds is 5. The van der Waals surface area contributed by atoms with Crippen molar-refractivity contribution in [2.45, 2.75) is 20.3 Å². The van der Waals surface area contributed by atoms with Crippen molar-refractivity contribution in [3.05, 3.63) is 75.9 Å². The van der Waals surface area contributed by atoms with E-state index in [-0.39, 0.29) is 0 Å². The number of nitrogens with zero attached hydrogens (tertiary/aromatic N) is 5. The topological polar surface area (TPSA) is 87.6 Å². The zero-order valence-corrected chi connectivity index (χ0v) is 19.7. The minimum absolute atomic E-state index is 0.344. The van der Waals surface area contributed by atoms with Crippen LogP contribution in [-0.4, -0.2) is 27.7 Å². The number of para-hydroxylation sites is 2. The SMILES string of the molecule is CCc1c(C)c(C#N)c2nc3ccccc3n2c1N/N=C/c1cc2ccc(OC)cc2nc1Cl. The first-order valence-electron chi connectivity index (χ1n) is 10.8. The number of fused-ring (bicyclic) bond motifs is 4. The van der Waals surface area contributed by atoms with E-state index in [9.17, 15) is 5.26 Å². The highest BCUT2D eigenvalue weighted by molar-refractivity contribution is 6.32. The van der Waals surface area contributed by atoms with Crippen LogP contribution < -0.4 is 10.2 Å². The van der Waals surface area contributed by atoms with Gasteiger partial charge in [-0.05, 0) is 54.8 Å². The van der Waals surface area contributed by atoms with E-state index >= 15 is 0 Å². The lowest BCUT2D eigenvalue weighted by Gasteiger charge is -2.15. The van der Waals surface area contributed by atoms with Gasteiger partial charge in [0.25, 0.3) is 0 Å². The third-order valence-corrected chi connectivity index (χ3v) is 6.27. The number of pyridine rings is 2. The van der Waals surface area contributed by atoms with Crippen molar-refractivity contribution in [3.8, 4) is 11.8 Å². The van der Waals surface area contributed by atoms with Crippen LogP contribution in [0.25, 0.3) is 27.6 Å². The molecule has 0 amide bonds. The van der Waals surface area contributed by atoms with Crippen LogP contribution in [0.4, 0.5) is 5.82 Å². The molecule has 168 valence electrons. The number of ether oxygens (including phenoxy) is 1. The molecule has 0 aliphatic heterocycles. The lowest BCUT2D eigenvalue weighted by molar-refractivity contribution is 0.415. The zero-order valence-electron chi connectivity index (χ0n) is 18.9. The number of aromatic nitrogens is 3. The Morgan fingerprint density at radius 2 is 2.00 bits per heavy atom. The molecule has 0 spiro atoms.